The molecule has 0 aliphatic heterocycles. The van der Waals surface area contributed by atoms with Gasteiger partial charge in [0.1, 0.15) is 6.61 Å². The van der Waals surface area contributed by atoms with E-state index in [1.165, 1.54) is 11.8 Å². The number of esters is 2. The number of pyridine rings is 1. The maximum Gasteiger partial charge on any atom is 0.337 e. The van der Waals surface area contributed by atoms with Gasteiger partial charge in [0.15, 0.2) is 11.5 Å². The summed E-state index contributed by atoms with van der Waals surface area (Å²) in [7, 11) is 3.10. The van der Waals surface area contributed by atoms with Crippen molar-refractivity contribution in [2.24, 2.45) is 0 Å². The van der Waals surface area contributed by atoms with Crippen molar-refractivity contribution in [1.82, 2.24) is 24.6 Å². The maximum absolute atomic E-state index is 13.9. The molecule has 0 radical (unpaired) electrons. The number of aryl methyl sites for hydroxylation is 2. The minimum atomic E-state index is -0.515. The first-order valence-electron chi connectivity index (χ1n) is 22.2. The highest BCUT2D eigenvalue weighted by atomic mass is 16.5. The van der Waals surface area contributed by atoms with Crippen LogP contribution in [0, 0.1) is 0 Å². The summed E-state index contributed by atoms with van der Waals surface area (Å²) in [6, 6.07) is 36.9. The van der Waals surface area contributed by atoms with Gasteiger partial charge in [0.05, 0.1) is 24.8 Å². The highest BCUT2D eigenvalue weighted by molar-refractivity contribution is 6.11. The monoisotopic (exact) mass is 891 g/mol. The van der Waals surface area contributed by atoms with E-state index < -0.39 is 17.8 Å². The van der Waals surface area contributed by atoms with Crippen molar-refractivity contribution in [3.8, 4) is 5.82 Å². The van der Waals surface area contributed by atoms with Gasteiger partial charge < -0.3 is 25.0 Å². The maximum atomic E-state index is 13.9. The third-order valence-corrected chi connectivity index (χ3v) is 11.3. The fraction of sp³-hybridized carbons (Fsp3) is 0.288. The summed E-state index contributed by atoms with van der Waals surface area (Å²) in [5.41, 5.74) is 5.64. The van der Waals surface area contributed by atoms with Crippen LogP contribution in [-0.4, -0.2) is 87.5 Å². The van der Waals surface area contributed by atoms with E-state index in [1.54, 1.807) is 60.7 Å². The Hall–Kier alpha value is -7.45. The van der Waals surface area contributed by atoms with Crippen molar-refractivity contribution >= 4 is 41.0 Å². The third kappa shape index (κ3) is 13.8. The van der Waals surface area contributed by atoms with Crippen LogP contribution in [-0.2, 0) is 45.1 Å². The second kappa shape index (κ2) is 24.0. The Kier molecular flexibility index (Phi) is 17.5. The van der Waals surface area contributed by atoms with Crippen LogP contribution in [0.1, 0.15) is 93.0 Å². The van der Waals surface area contributed by atoms with Crippen molar-refractivity contribution < 1.29 is 33.4 Å². The Balaban J connectivity index is 1.08. The molecular weight excluding hydrogens is 835 g/mol. The van der Waals surface area contributed by atoms with Crippen LogP contribution >= 0.6 is 0 Å². The molecule has 0 aliphatic carbocycles. The van der Waals surface area contributed by atoms with Gasteiger partial charge in [-0.05, 0) is 103 Å². The minimum Gasteiger partial charge on any atom is -0.465 e. The number of aromatic nitrogens is 3. The van der Waals surface area contributed by atoms with Gasteiger partial charge in [-0.3, -0.25) is 24.1 Å². The van der Waals surface area contributed by atoms with E-state index in [0.29, 0.717) is 42.3 Å². The van der Waals surface area contributed by atoms with Gasteiger partial charge in [-0.2, -0.15) is 5.10 Å². The Morgan fingerprint density at radius 1 is 0.697 bits per heavy atom. The summed E-state index contributed by atoms with van der Waals surface area (Å²) in [5, 5.41) is 10.1. The summed E-state index contributed by atoms with van der Waals surface area (Å²) < 4.78 is 11.7. The molecule has 2 heterocycles. The zero-order valence-corrected chi connectivity index (χ0v) is 37.9. The Morgan fingerprint density at radius 2 is 1.39 bits per heavy atom. The van der Waals surface area contributed by atoms with E-state index in [2.05, 4.69) is 39.5 Å². The van der Waals surface area contributed by atoms with Crippen LogP contribution in [0.4, 0.5) is 11.4 Å². The lowest BCUT2D eigenvalue weighted by atomic mass is 10.0. The molecule has 6 rings (SSSR count). The van der Waals surface area contributed by atoms with Gasteiger partial charge in [-0.25, -0.2) is 14.5 Å². The van der Waals surface area contributed by atoms with Gasteiger partial charge >= 0.3 is 11.9 Å². The van der Waals surface area contributed by atoms with E-state index in [9.17, 15) is 24.0 Å². The number of benzene rings is 4. The average molecular weight is 892 g/mol. The molecule has 2 aromatic heterocycles. The molecule has 0 bridgehead atoms. The Labute approximate surface area is 385 Å². The number of rotatable bonds is 22. The smallest absolute Gasteiger partial charge is 0.337 e. The van der Waals surface area contributed by atoms with Gasteiger partial charge in [0.2, 0.25) is 5.91 Å². The number of carbonyl (C=O) groups is 5. The van der Waals surface area contributed by atoms with Crippen molar-refractivity contribution in [2.45, 2.75) is 71.6 Å². The normalized spacial score (nSPS) is 11.0. The molecule has 0 unspecified atom stereocenters. The van der Waals surface area contributed by atoms with Crippen molar-refractivity contribution in [3.05, 3.63) is 173 Å². The molecule has 0 aliphatic rings. The largest absolute Gasteiger partial charge is 0.465 e. The second-order valence-electron chi connectivity index (χ2n) is 15.9. The van der Waals surface area contributed by atoms with Crippen molar-refractivity contribution in [1.29, 1.82) is 0 Å². The lowest BCUT2D eigenvalue weighted by Crippen LogP contribution is -2.41. The minimum absolute atomic E-state index is 0.00618. The number of nitrogens with one attached hydrogen (secondary N) is 2. The van der Waals surface area contributed by atoms with E-state index in [0.717, 1.165) is 47.9 Å². The number of amides is 3. The van der Waals surface area contributed by atoms with Crippen molar-refractivity contribution in [2.75, 3.05) is 37.9 Å². The van der Waals surface area contributed by atoms with Gasteiger partial charge in [0, 0.05) is 62.8 Å². The molecule has 342 valence electrons. The molecule has 0 spiro atoms. The van der Waals surface area contributed by atoms with Crippen LogP contribution in [0.3, 0.4) is 0 Å². The molecule has 2 N–H and O–H groups in total. The van der Waals surface area contributed by atoms with Crippen molar-refractivity contribution in [3.63, 3.8) is 0 Å². The first kappa shape index (κ1) is 48.0. The predicted octanol–water partition coefficient (Wildman–Crippen LogP) is 8.32. The zero-order chi connectivity index (χ0) is 46.8. The summed E-state index contributed by atoms with van der Waals surface area (Å²) in [4.78, 5) is 73.6. The summed E-state index contributed by atoms with van der Waals surface area (Å²) in [6.07, 6.45) is 6.70. The highest BCUT2D eigenvalue weighted by Crippen LogP contribution is 2.22. The lowest BCUT2D eigenvalue weighted by molar-refractivity contribution is -0.147. The molecule has 0 saturated heterocycles. The molecule has 66 heavy (non-hydrogen) atoms. The molecule has 14 heteroatoms. The van der Waals surface area contributed by atoms with Gasteiger partial charge in [0.25, 0.3) is 11.8 Å². The SMILES string of the molecule is CCC(CC)N(CCN(C)C(=O)CCC(=O)OCc1ccccc1)Cc1cccc(C(=O)Nc2ccc(-n3cccn3)nc2C(=O)Nc2ccc(CCc3ccc(C(=O)OC)cc3)cc2)c1. The number of hydrogen-bond acceptors (Lipinski definition) is 10. The van der Waals surface area contributed by atoms with Crippen LogP contribution in [0.5, 0.6) is 0 Å². The van der Waals surface area contributed by atoms with Crippen LogP contribution in [0.25, 0.3) is 5.82 Å². The highest BCUT2D eigenvalue weighted by Gasteiger charge is 2.21. The first-order chi connectivity index (χ1) is 32.0. The Morgan fingerprint density at radius 3 is 2.06 bits per heavy atom. The number of hydrogen-bond donors (Lipinski definition) is 2. The predicted molar refractivity (Wildman–Crippen MR) is 253 cm³/mol. The van der Waals surface area contributed by atoms with E-state index in [1.807, 2.05) is 84.9 Å². The third-order valence-electron chi connectivity index (χ3n) is 11.3. The van der Waals surface area contributed by atoms with Crippen LogP contribution in [0.2, 0.25) is 0 Å². The first-order valence-corrected chi connectivity index (χ1v) is 22.2. The topological polar surface area (TPSA) is 165 Å². The average Bonchev–Trinajstić information content (AvgIpc) is 3.90. The quantitative estimate of drug-likeness (QED) is 0.0634. The molecule has 4 aromatic carbocycles. The summed E-state index contributed by atoms with van der Waals surface area (Å²) >= 11 is 0. The second-order valence-corrected chi connectivity index (χ2v) is 15.9. The molecule has 14 nitrogen and oxygen atoms in total. The zero-order valence-electron chi connectivity index (χ0n) is 37.9. The van der Waals surface area contributed by atoms with E-state index in [-0.39, 0.29) is 48.7 Å². The molecular formula is C52H57N7O7. The lowest BCUT2D eigenvalue weighted by Gasteiger charge is -2.32. The van der Waals surface area contributed by atoms with E-state index in [4.69, 9.17) is 9.47 Å². The molecule has 0 atom stereocenters. The van der Waals surface area contributed by atoms with Gasteiger partial charge in [-0.15, -0.1) is 0 Å². The number of nitrogens with zero attached hydrogens (tertiary/aromatic N) is 5. The number of carbonyl (C=O) groups excluding carboxylic acids is 5. The molecule has 3 amide bonds. The summed E-state index contributed by atoms with van der Waals surface area (Å²) in [5.74, 6) is -1.45. The van der Waals surface area contributed by atoms with Gasteiger partial charge in [-0.1, -0.05) is 80.6 Å². The number of likely N-dealkylation sites (N-methyl/N-ethyl adjacent to an activating group) is 1. The summed E-state index contributed by atoms with van der Waals surface area (Å²) in [6.45, 7) is 6.03. The fourth-order valence-electron chi connectivity index (χ4n) is 7.46. The van der Waals surface area contributed by atoms with Crippen LogP contribution < -0.4 is 10.6 Å². The molecule has 0 fully saturated rings. The Bertz CT molecular complexity index is 2540. The standard InChI is InChI=1S/C52H57N7O7/c1-5-44(6-2)58(33-32-57(3)47(60)28-29-48(61)66-36-39-12-8-7-9-13-39)35-40-14-10-15-42(34-40)50(62)55-45-26-27-46(59-31-11-30-53-59)56-49(45)51(63)54-43-24-20-38(21-25-43)17-16-37-18-22-41(23-19-37)52(64)65-4/h7-15,18-27,30-31,34,44H,5-6,16-17,28-29,32-33,35-36H2,1-4H3,(H,54,63)(H,55,62). The molecule has 6 aromatic rings. The number of ether oxygens (including phenoxy) is 2. The van der Waals surface area contributed by atoms with Crippen LogP contribution in [0.15, 0.2) is 134 Å². The fourth-order valence-corrected chi connectivity index (χ4v) is 7.46. The number of anilines is 2. The van der Waals surface area contributed by atoms with E-state index >= 15 is 0 Å². The molecule has 0 saturated carbocycles. The number of methoxy groups -OCH3 is 1.